The SMILES string of the molecule is CC(=O)OOC(=O)C(CC(Br)(Br)Br)c1ccccc1Nc1c(Cl)cccc1Cl. The van der Waals surface area contributed by atoms with E-state index in [1.165, 1.54) is 0 Å². The van der Waals surface area contributed by atoms with Crippen LogP contribution in [0.15, 0.2) is 42.5 Å². The van der Waals surface area contributed by atoms with Crippen LogP contribution in [-0.2, 0) is 19.4 Å². The van der Waals surface area contributed by atoms with Gasteiger partial charge in [-0.25, -0.2) is 19.4 Å². The smallest absolute Gasteiger partial charge is 0.353 e. The van der Waals surface area contributed by atoms with Crippen molar-refractivity contribution < 1.29 is 19.4 Å². The summed E-state index contributed by atoms with van der Waals surface area (Å²) in [5.41, 5.74) is 1.70. The molecule has 0 saturated heterocycles. The molecule has 0 spiro atoms. The number of para-hydroxylation sites is 2. The zero-order chi connectivity index (χ0) is 20.9. The first-order valence-electron chi connectivity index (χ1n) is 7.84. The maximum atomic E-state index is 12.6. The summed E-state index contributed by atoms with van der Waals surface area (Å²) in [6, 6.07) is 12.2. The van der Waals surface area contributed by atoms with Gasteiger partial charge in [-0.15, -0.1) is 0 Å². The van der Waals surface area contributed by atoms with Gasteiger partial charge in [0.25, 0.3) is 0 Å². The highest BCUT2D eigenvalue weighted by Gasteiger charge is 2.34. The largest absolute Gasteiger partial charge is 0.363 e. The van der Waals surface area contributed by atoms with E-state index in [1.54, 1.807) is 42.5 Å². The summed E-state index contributed by atoms with van der Waals surface area (Å²) in [5.74, 6) is -2.27. The molecule has 0 aromatic heterocycles. The van der Waals surface area contributed by atoms with Crippen molar-refractivity contribution in [2.45, 2.75) is 21.4 Å². The molecule has 1 N–H and O–H groups in total. The zero-order valence-corrected chi connectivity index (χ0v) is 20.6. The van der Waals surface area contributed by atoms with E-state index in [2.05, 4.69) is 62.9 Å². The molecule has 0 amide bonds. The molecule has 0 aliphatic rings. The molecule has 28 heavy (non-hydrogen) atoms. The van der Waals surface area contributed by atoms with Gasteiger partial charge in [-0.1, -0.05) is 95.3 Å². The molecule has 2 rings (SSSR count). The van der Waals surface area contributed by atoms with Crippen molar-refractivity contribution in [2.75, 3.05) is 5.32 Å². The summed E-state index contributed by atoms with van der Waals surface area (Å²) in [6.07, 6.45) is 0.224. The summed E-state index contributed by atoms with van der Waals surface area (Å²) in [4.78, 5) is 32.7. The standard InChI is InChI=1S/C18H14Br3Cl2NO4/c1-10(25)27-28-17(26)12(9-18(19,20)21)11-5-2-3-8-15(11)24-16-13(22)6-4-7-14(16)23/h2-8,12,24H,9H2,1H3. The van der Waals surface area contributed by atoms with Crippen LogP contribution in [0, 0.1) is 0 Å². The van der Waals surface area contributed by atoms with Crippen molar-refractivity contribution in [1.29, 1.82) is 0 Å². The average Bonchev–Trinajstić information content (AvgIpc) is 2.60. The van der Waals surface area contributed by atoms with Crippen LogP contribution >= 0.6 is 71.0 Å². The zero-order valence-electron chi connectivity index (χ0n) is 14.3. The molecule has 0 saturated carbocycles. The number of carbonyl (C=O) groups is 2. The Morgan fingerprint density at radius 2 is 1.64 bits per heavy atom. The summed E-state index contributed by atoms with van der Waals surface area (Å²) in [6.45, 7) is 1.14. The minimum Gasteiger partial charge on any atom is -0.353 e. The number of hydrogen-bond acceptors (Lipinski definition) is 5. The molecule has 150 valence electrons. The van der Waals surface area contributed by atoms with Gasteiger partial charge in [0.05, 0.1) is 21.7 Å². The second-order valence-corrected chi connectivity index (χ2v) is 13.7. The third-order valence-electron chi connectivity index (χ3n) is 3.52. The number of rotatable bonds is 5. The molecule has 0 aliphatic carbocycles. The number of carbonyl (C=O) groups excluding carboxylic acids is 2. The molecule has 1 unspecified atom stereocenters. The highest BCUT2D eigenvalue weighted by molar-refractivity contribution is 9.39. The summed E-state index contributed by atoms with van der Waals surface area (Å²) < 4.78 is -0.748. The monoisotopic (exact) mass is 615 g/mol. The predicted molar refractivity (Wildman–Crippen MR) is 121 cm³/mol. The number of nitrogens with one attached hydrogen (secondary N) is 1. The van der Waals surface area contributed by atoms with Crippen molar-refractivity contribution in [2.24, 2.45) is 0 Å². The fourth-order valence-corrected chi connectivity index (χ4v) is 3.84. The lowest BCUT2D eigenvalue weighted by atomic mass is 9.94. The highest BCUT2D eigenvalue weighted by Crippen LogP contribution is 2.45. The van der Waals surface area contributed by atoms with E-state index in [0.717, 1.165) is 6.92 Å². The number of anilines is 2. The van der Waals surface area contributed by atoms with E-state index >= 15 is 0 Å². The fourth-order valence-electron chi connectivity index (χ4n) is 2.38. The van der Waals surface area contributed by atoms with Crippen LogP contribution < -0.4 is 5.32 Å². The van der Waals surface area contributed by atoms with E-state index in [-0.39, 0.29) is 6.42 Å². The Kier molecular flexibility index (Phi) is 8.63. The van der Waals surface area contributed by atoms with Gasteiger partial charge in [-0.05, 0) is 30.2 Å². The van der Waals surface area contributed by atoms with Crippen molar-refractivity contribution in [1.82, 2.24) is 0 Å². The maximum absolute atomic E-state index is 12.6. The predicted octanol–water partition coefficient (Wildman–Crippen LogP) is 7.07. The van der Waals surface area contributed by atoms with Crippen molar-refractivity contribution in [3.05, 3.63) is 58.1 Å². The summed E-state index contributed by atoms with van der Waals surface area (Å²) in [7, 11) is 0. The van der Waals surface area contributed by atoms with Crippen LogP contribution in [0.3, 0.4) is 0 Å². The van der Waals surface area contributed by atoms with Crippen LogP contribution in [-0.4, -0.2) is 14.1 Å². The summed E-state index contributed by atoms with van der Waals surface area (Å²) >= 11 is 22.7. The number of halogens is 5. The van der Waals surface area contributed by atoms with Crippen LogP contribution in [0.4, 0.5) is 11.4 Å². The van der Waals surface area contributed by atoms with Gasteiger partial charge >= 0.3 is 11.9 Å². The molecule has 5 nitrogen and oxygen atoms in total. The van der Waals surface area contributed by atoms with Crippen LogP contribution in [0.1, 0.15) is 24.8 Å². The molecular weight excluding hydrogens is 605 g/mol. The van der Waals surface area contributed by atoms with E-state index < -0.39 is 20.0 Å². The first-order valence-corrected chi connectivity index (χ1v) is 11.0. The van der Waals surface area contributed by atoms with E-state index in [0.29, 0.717) is 27.0 Å². The molecule has 10 heteroatoms. The van der Waals surface area contributed by atoms with Crippen LogP contribution in [0.2, 0.25) is 10.0 Å². The van der Waals surface area contributed by atoms with E-state index in [4.69, 9.17) is 23.2 Å². The van der Waals surface area contributed by atoms with Gasteiger partial charge in [-0.3, -0.25) is 0 Å². The molecule has 2 aromatic rings. The van der Waals surface area contributed by atoms with E-state index in [9.17, 15) is 9.59 Å². The lowest BCUT2D eigenvalue weighted by molar-refractivity contribution is -0.258. The Morgan fingerprint density at radius 3 is 2.21 bits per heavy atom. The molecule has 0 heterocycles. The molecular formula is C18H14Br3Cl2NO4. The first-order chi connectivity index (χ1) is 13.1. The van der Waals surface area contributed by atoms with Crippen LogP contribution in [0.5, 0.6) is 0 Å². The molecule has 0 bridgehead atoms. The van der Waals surface area contributed by atoms with Crippen molar-refractivity contribution in [3.8, 4) is 0 Å². The fraction of sp³-hybridized carbons (Fsp3) is 0.222. The molecule has 1 atom stereocenters. The third-order valence-corrected chi connectivity index (χ3v) is 5.12. The average molecular weight is 619 g/mol. The summed E-state index contributed by atoms with van der Waals surface area (Å²) in [5, 5.41) is 4.03. The van der Waals surface area contributed by atoms with Gasteiger partial charge in [-0.2, -0.15) is 0 Å². The van der Waals surface area contributed by atoms with Crippen molar-refractivity contribution >= 4 is 94.3 Å². The van der Waals surface area contributed by atoms with Gasteiger partial charge in [0.1, 0.15) is 2.14 Å². The lowest BCUT2D eigenvalue weighted by Crippen LogP contribution is -2.22. The number of benzene rings is 2. The third kappa shape index (κ3) is 6.91. The molecule has 0 radical (unpaired) electrons. The maximum Gasteiger partial charge on any atom is 0.363 e. The molecule has 0 aliphatic heterocycles. The van der Waals surface area contributed by atoms with Gasteiger partial charge in [0, 0.05) is 12.6 Å². The molecule has 2 aromatic carbocycles. The highest BCUT2D eigenvalue weighted by atomic mass is 80.0. The Hall–Kier alpha value is -0.800. The minimum absolute atomic E-state index is 0.224. The second kappa shape index (κ2) is 10.3. The van der Waals surface area contributed by atoms with E-state index in [1.807, 2.05) is 0 Å². The van der Waals surface area contributed by atoms with Gasteiger partial charge in [0.2, 0.25) is 0 Å². The Labute approximate surface area is 197 Å². The minimum atomic E-state index is -0.803. The van der Waals surface area contributed by atoms with Crippen molar-refractivity contribution in [3.63, 3.8) is 0 Å². The van der Waals surface area contributed by atoms with Gasteiger partial charge in [0.15, 0.2) is 0 Å². The topological polar surface area (TPSA) is 64.6 Å². The second-order valence-electron chi connectivity index (χ2n) is 5.66. The Balaban J connectivity index is 2.43. The van der Waals surface area contributed by atoms with Gasteiger partial charge < -0.3 is 5.32 Å². The van der Waals surface area contributed by atoms with Crippen LogP contribution in [0.25, 0.3) is 0 Å². The quantitative estimate of drug-likeness (QED) is 0.221. The molecule has 0 fully saturated rings. The number of alkyl halides is 3. The normalized spacial score (nSPS) is 12.2. The first kappa shape index (κ1) is 23.5. The Bertz CT molecular complexity index is 854. The Morgan fingerprint density at radius 1 is 1.04 bits per heavy atom. The number of hydrogen-bond donors (Lipinski definition) is 1. The lowest BCUT2D eigenvalue weighted by Gasteiger charge is -2.23.